The molecule has 0 atom stereocenters. The Balaban J connectivity index is 3.40. The first-order chi connectivity index (χ1) is 7.49. The Morgan fingerprint density at radius 1 is 1.50 bits per heavy atom. The minimum atomic E-state index is -0.943. The molecule has 1 N–H and O–H groups in total. The molecule has 1 aromatic rings. The summed E-state index contributed by atoms with van der Waals surface area (Å²) >= 11 is 0. The lowest BCUT2D eigenvalue weighted by Crippen LogP contribution is -2.39. The third kappa shape index (κ3) is 2.16. The van der Waals surface area contributed by atoms with Gasteiger partial charge in [-0.15, -0.1) is 0 Å². The molecule has 0 aliphatic carbocycles. The van der Waals surface area contributed by atoms with Gasteiger partial charge in [0.1, 0.15) is 0 Å². The summed E-state index contributed by atoms with van der Waals surface area (Å²) < 4.78 is 1.71. The summed E-state index contributed by atoms with van der Waals surface area (Å²) in [5.41, 5.74) is -2.23. The van der Waals surface area contributed by atoms with E-state index in [2.05, 4.69) is 0 Å². The number of rotatable bonds is 4. The Kier molecular flexibility index (Phi) is 3.56. The van der Waals surface area contributed by atoms with Crippen molar-refractivity contribution in [1.29, 1.82) is 0 Å². The van der Waals surface area contributed by atoms with Crippen LogP contribution in [0.25, 0.3) is 0 Å². The standard InChI is InChI=1S/C8H11N3O5/c1-9-5-6(11(15)16)7(13)10(8(9)14)3-2-4-12/h5,12H,2-4H2,1H3. The molecule has 0 spiro atoms. The lowest BCUT2D eigenvalue weighted by atomic mass is 10.4. The van der Waals surface area contributed by atoms with Crippen molar-refractivity contribution in [1.82, 2.24) is 9.13 Å². The highest BCUT2D eigenvalue weighted by atomic mass is 16.6. The van der Waals surface area contributed by atoms with Crippen LogP contribution < -0.4 is 11.2 Å². The van der Waals surface area contributed by atoms with E-state index in [4.69, 9.17) is 5.11 Å². The van der Waals surface area contributed by atoms with E-state index in [0.717, 1.165) is 15.3 Å². The number of aliphatic hydroxyl groups is 1. The summed E-state index contributed by atoms with van der Waals surface area (Å²) in [5.74, 6) is 0. The predicted octanol–water partition coefficient (Wildman–Crippen LogP) is -1.16. The molecule has 8 heteroatoms. The van der Waals surface area contributed by atoms with Gasteiger partial charge < -0.3 is 5.11 Å². The number of aliphatic hydroxyl groups excluding tert-OH is 1. The van der Waals surface area contributed by atoms with Crippen LogP contribution in [-0.4, -0.2) is 25.8 Å². The van der Waals surface area contributed by atoms with E-state index < -0.39 is 21.9 Å². The highest BCUT2D eigenvalue weighted by molar-refractivity contribution is 5.21. The molecule has 1 rings (SSSR count). The van der Waals surface area contributed by atoms with Crippen LogP contribution in [0.15, 0.2) is 15.8 Å². The zero-order valence-electron chi connectivity index (χ0n) is 8.62. The molecule has 0 saturated carbocycles. The largest absolute Gasteiger partial charge is 0.396 e. The molecule has 0 saturated heterocycles. The van der Waals surface area contributed by atoms with Gasteiger partial charge in [-0.1, -0.05) is 0 Å². The Hall–Kier alpha value is -1.96. The van der Waals surface area contributed by atoms with Gasteiger partial charge in [0.15, 0.2) is 0 Å². The average Bonchev–Trinajstić information content (AvgIpc) is 2.23. The molecule has 0 bridgehead atoms. The molecule has 88 valence electrons. The molecule has 16 heavy (non-hydrogen) atoms. The van der Waals surface area contributed by atoms with Gasteiger partial charge in [0.05, 0.1) is 11.1 Å². The van der Waals surface area contributed by atoms with Gasteiger partial charge in [-0.05, 0) is 6.42 Å². The molecule has 0 radical (unpaired) electrons. The number of aromatic nitrogens is 2. The number of aryl methyl sites for hydroxylation is 1. The normalized spacial score (nSPS) is 10.4. The average molecular weight is 229 g/mol. The fourth-order valence-corrected chi connectivity index (χ4v) is 1.26. The second-order valence-corrected chi connectivity index (χ2v) is 3.20. The lowest BCUT2D eigenvalue weighted by Gasteiger charge is -2.05. The fourth-order valence-electron chi connectivity index (χ4n) is 1.26. The van der Waals surface area contributed by atoms with Crippen molar-refractivity contribution in [3.05, 3.63) is 37.1 Å². The molecule has 0 aliphatic heterocycles. The second-order valence-electron chi connectivity index (χ2n) is 3.20. The van der Waals surface area contributed by atoms with Crippen molar-refractivity contribution >= 4 is 5.69 Å². The summed E-state index contributed by atoms with van der Waals surface area (Å²) in [6.45, 7) is -0.234. The monoisotopic (exact) mass is 229 g/mol. The van der Waals surface area contributed by atoms with E-state index >= 15 is 0 Å². The van der Waals surface area contributed by atoms with E-state index in [1.165, 1.54) is 7.05 Å². The first-order valence-electron chi connectivity index (χ1n) is 4.54. The number of hydrogen-bond donors (Lipinski definition) is 1. The number of nitro groups is 1. The molecule has 0 aromatic carbocycles. The Labute approximate surface area is 89.5 Å². The van der Waals surface area contributed by atoms with Gasteiger partial charge in [-0.2, -0.15) is 0 Å². The smallest absolute Gasteiger partial charge is 0.350 e. The highest BCUT2D eigenvalue weighted by Gasteiger charge is 2.17. The fraction of sp³-hybridized carbons (Fsp3) is 0.500. The van der Waals surface area contributed by atoms with Crippen molar-refractivity contribution < 1.29 is 10.0 Å². The highest BCUT2D eigenvalue weighted by Crippen LogP contribution is 1.99. The Morgan fingerprint density at radius 3 is 2.62 bits per heavy atom. The van der Waals surface area contributed by atoms with Crippen LogP contribution in [0.3, 0.4) is 0 Å². The maximum Gasteiger partial charge on any atom is 0.350 e. The maximum atomic E-state index is 11.5. The number of hydrogen-bond acceptors (Lipinski definition) is 5. The molecule has 1 heterocycles. The number of nitrogens with zero attached hydrogens (tertiary/aromatic N) is 3. The molecule has 0 amide bonds. The topological polar surface area (TPSA) is 107 Å². The molecular formula is C8H11N3O5. The second kappa shape index (κ2) is 4.71. The van der Waals surface area contributed by atoms with Gasteiger partial charge in [-0.3, -0.25) is 24.0 Å². The van der Waals surface area contributed by atoms with Gasteiger partial charge >= 0.3 is 16.9 Å². The van der Waals surface area contributed by atoms with Crippen molar-refractivity contribution in [3.63, 3.8) is 0 Å². The van der Waals surface area contributed by atoms with Crippen molar-refractivity contribution in [2.24, 2.45) is 7.05 Å². The van der Waals surface area contributed by atoms with Gasteiger partial charge in [0.25, 0.3) is 0 Å². The first-order valence-corrected chi connectivity index (χ1v) is 4.54. The van der Waals surface area contributed by atoms with E-state index in [-0.39, 0.29) is 19.6 Å². The summed E-state index contributed by atoms with van der Waals surface area (Å²) in [6, 6.07) is 0. The summed E-state index contributed by atoms with van der Waals surface area (Å²) in [4.78, 5) is 32.7. The third-order valence-corrected chi connectivity index (χ3v) is 2.05. The van der Waals surface area contributed by atoms with Crippen LogP contribution in [0.5, 0.6) is 0 Å². The van der Waals surface area contributed by atoms with Crippen molar-refractivity contribution in [2.75, 3.05) is 6.61 Å². The van der Waals surface area contributed by atoms with Crippen LogP contribution >= 0.6 is 0 Å². The van der Waals surface area contributed by atoms with Crippen LogP contribution in [0.4, 0.5) is 5.69 Å². The Bertz CT molecular complexity index is 515. The van der Waals surface area contributed by atoms with Crippen LogP contribution in [0.1, 0.15) is 6.42 Å². The van der Waals surface area contributed by atoms with Crippen molar-refractivity contribution in [2.45, 2.75) is 13.0 Å². The quantitative estimate of drug-likeness (QED) is 0.517. The maximum absolute atomic E-state index is 11.5. The third-order valence-electron chi connectivity index (χ3n) is 2.05. The molecule has 0 aliphatic rings. The van der Waals surface area contributed by atoms with Gasteiger partial charge in [0, 0.05) is 20.2 Å². The van der Waals surface area contributed by atoms with E-state index in [1.54, 1.807) is 0 Å². The van der Waals surface area contributed by atoms with Crippen molar-refractivity contribution in [3.8, 4) is 0 Å². The zero-order valence-corrected chi connectivity index (χ0v) is 8.62. The van der Waals surface area contributed by atoms with Gasteiger partial charge in [0.2, 0.25) is 0 Å². The van der Waals surface area contributed by atoms with Crippen LogP contribution in [0.2, 0.25) is 0 Å². The predicted molar refractivity (Wildman–Crippen MR) is 54.3 cm³/mol. The molecule has 8 nitrogen and oxygen atoms in total. The Morgan fingerprint density at radius 2 is 2.12 bits per heavy atom. The van der Waals surface area contributed by atoms with Crippen LogP contribution in [0, 0.1) is 10.1 Å². The molecule has 0 fully saturated rings. The summed E-state index contributed by atoms with van der Waals surface area (Å²) in [7, 11) is 1.32. The van der Waals surface area contributed by atoms with E-state index in [9.17, 15) is 19.7 Å². The van der Waals surface area contributed by atoms with E-state index in [0.29, 0.717) is 0 Å². The molecule has 1 aromatic heterocycles. The van der Waals surface area contributed by atoms with E-state index in [1.807, 2.05) is 0 Å². The minimum Gasteiger partial charge on any atom is -0.396 e. The SMILES string of the molecule is Cn1cc([N+](=O)[O-])c(=O)n(CCCO)c1=O. The molecule has 0 unspecified atom stereocenters. The van der Waals surface area contributed by atoms with Gasteiger partial charge in [-0.25, -0.2) is 4.79 Å². The zero-order chi connectivity index (χ0) is 12.3. The van der Waals surface area contributed by atoms with Crippen LogP contribution in [-0.2, 0) is 13.6 Å². The summed E-state index contributed by atoms with van der Waals surface area (Å²) in [6.07, 6.45) is 1.08. The minimum absolute atomic E-state index is 0.0380. The lowest BCUT2D eigenvalue weighted by molar-refractivity contribution is -0.387. The first kappa shape index (κ1) is 12.1. The summed E-state index contributed by atoms with van der Waals surface area (Å²) in [5, 5.41) is 19.1. The molecular weight excluding hydrogens is 218 g/mol.